The Labute approximate surface area is 143 Å². The van der Waals surface area contributed by atoms with Gasteiger partial charge in [0.2, 0.25) is 5.91 Å². The lowest BCUT2D eigenvalue weighted by Crippen LogP contribution is -2.41. The molecule has 3 atom stereocenters. The molecule has 1 amide bonds. The van der Waals surface area contributed by atoms with Gasteiger partial charge in [0.25, 0.3) is 0 Å². The van der Waals surface area contributed by atoms with Crippen LogP contribution in [0.4, 0.5) is 0 Å². The lowest BCUT2D eigenvalue weighted by molar-refractivity contribution is -0.124. The van der Waals surface area contributed by atoms with Gasteiger partial charge in [0.1, 0.15) is 0 Å². The van der Waals surface area contributed by atoms with E-state index in [2.05, 4.69) is 19.2 Å². The lowest BCUT2D eigenvalue weighted by Gasteiger charge is -2.34. The van der Waals surface area contributed by atoms with E-state index < -0.39 is 6.10 Å². The molecule has 5 heteroatoms. The average Bonchev–Trinajstić information content (AvgIpc) is 2.53. The fourth-order valence-corrected chi connectivity index (χ4v) is 3.24. The molecule has 2 rings (SSSR count). The third kappa shape index (κ3) is 5.48. The maximum Gasteiger partial charge on any atom is 0.222 e. The number of rotatable bonds is 6. The van der Waals surface area contributed by atoms with Crippen LogP contribution in [0.3, 0.4) is 0 Å². The minimum Gasteiger partial charge on any atom is -0.388 e. The molecule has 0 bridgehead atoms. The fourth-order valence-electron chi connectivity index (χ4n) is 3.12. The van der Waals surface area contributed by atoms with Crippen LogP contribution >= 0.6 is 11.6 Å². The molecule has 0 aliphatic carbocycles. The first-order valence-electron chi connectivity index (χ1n) is 8.29. The molecule has 0 aromatic heterocycles. The van der Waals surface area contributed by atoms with E-state index in [0.29, 0.717) is 29.0 Å². The minimum atomic E-state index is -0.809. The van der Waals surface area contributed by atoms with Crippen LogP contribution in [0.5, 0.6) is 0 Å². The molecule has 1 aliphatic rings. The molecular formula is C18H26ClNO3. The first-order chi connectivity index (χ1) is 11.0. The second kappa shape index (κ2) is 8.67. The average molecular weight is 340 g/mol. The summed E-state index contributed by atoms with van der Waals surface area (Å²) >= 11 is 5.82. The highest BCUT2D eigenvalue weighted by Crippen LogP contribution is 2.26. The molecule has 128 valence electrons. The molecular weight excluding hydrogens is 314 g/mol. The Morgan fingerprint density at radius 3 is 2.74 bits per heavy atom. The Balaban J connectivity index is 1.81. The van der Waals surface area contributed by atoms with E-state index in [1.54, 1.807) is 24.3 Å². The SMILES string of the molecule is CC(C)C1OCCCC1CNC(=O)CC(O)c1ccc(Cl)cc1. The normalized spacial score (nSPS) is 22.8. The number of nitrogens with one attached hydrogen (secondary N) is 1. The number of amides is 1. The van der Waals surface area contributed by atoms with Crippen molar-refractivity contribution in [1.82, 2.24) is 5.32 Å². The van der Waals surface area contributed by atoms with Crippen molar-refractivity contribution in [1.29, 1.82) is 0 Å². The molecule has 3 unspecified atom stereocenters. The first-order valence-corrected chi connectivity index (χ1v) is 8.67. The highest BCUT2D eigenvalue weighted by atomic mass is 35.5. The van der Waals surface area contributed by atoms with Crippen molar-refractivity contribution in [2.45, 2.75) is 45.3 Å². The molecule has 1 saturated heterocycles. The number of aliphatic hydroxyl groups is 1. The minimum absolute atomic E-state index is 0.0571. The molecule has 23 heavy (non-hydrogen) atoms. The summed E-state index contributed by atoms with van der Waals surface area (Å²) in [6.45, 7) is 5.71. The van der Waals surface area contributed by atoms with Gasteiger partial charge >= 0.3 is 0 Å². The van der Waals surface area contributed by atoms with Crippen molar-refractivity contribution in [3.63, 3.8) is 0 Å². The van der Waals surface area contributed by atoms with Gasteiger partial charge in [-0.05, 0) is 36.5 Å². The molecule has 1 fully saturated rings. The van der Waals surface area contributed by atoms with Gasteiger partial charge in [-0.2, -0.15) is 0 Å². The van der Waals surface area contributed by atoms with Gasteiger partial charge in [-0.25, -0.2) is 0 Å². The van der Waals surface area contributed by atoms with E-state index in [9.17, 15) is 9.90 Å². The monoisotopic (exact) mass is 339 g/mol. The summed E-state index contributed by atoms with van der Waals surface area (Å²) in [5.41, 5.74) is 0.700. The van der Waals surface area contributed by atoms with Crippen LogP contribution in [0.15, 0.2) is 24.3 Å². The van der Waals surface area contributed by atoms with E-state index in [1.807, 2.05) is 0 Å². The van der Waals surface area contributed by atoms with Gasteiger partial charge in [-0.15, -0.1) is 0 Å². The van der Waals surface area contributed by atoms with Gasteiger partial charge in [0.15, 0.2) is 0 Å². The molecule has 0 spiro atoms. The third-order valence-corrected chi connectivity index (χ3v) is 4.60. The van der Waals surface area contributed by atoms with E-state index >= 15 is 0 Å². The Morgan fingerprint density at radius 1 is 1.39 bits per heavy atom. The summed E-state index contributed by atoms with van der Waals surface area (Å²) in [5.74, 6) is 0.651. The Bertz CT molecular complexity index is 503. The zero-order valence-corrected chi connectivity index (χ0v) is 14.6. The summed E-state index contributed by atoms with van der Waals surface area (Å²) in [6, 6.07) is 6.91. The zero-order valence-electron chi connectivity index (χ0n) is 13.8. The van der Waals surface area contributed by atoms with Gasteiger partial charge in [0, 0.05) is 24.1 Å². The fraction of sp³-hybridized carbons (Fsp3) is 0.611. The van der Waals surface area contributed by atoms with E-state index in [0.717, 1.165) is 19.4 Å². The number of aliphatic hydroxyl groups excluding tert-OH is 1. The predicted molar refractivity (Wildman–Crippen MR) is 91.3 cm³/mol. The van der Waals surface area contributed by atoms with Crippen LogP contribution in [0, 0.1) is 11.8 Å². The molecule has 1 aromatic rings. The van der Waals surface area contributed by atoms with E-state index in [4.69, 9.17) is 16.3 Å². The van der Waals surface area contributed by atoms with Crippen molar-refractivity contribution in [3.05, 3.63) is 34.9 Å². The van der Waals surface area contributed by atoms with E-state index in [1.165, 1.54) is 0 Å². The molecule has 1 heterocycles. The van der Waals surface area contributed by atoms with Crippen molar-refractivity contribution in [3.8, 4) is 0 Å². The number of ether oxygens (including phenoxy) is 1. The summed E-state index contributed by atoms with van der Waals surface area (Å²) in [6.07, 6.45) is 1.56. The third-order valence-electron chi connectivity index (χ3n) is 4.35. The second-order valence-corrected chi connectivity index (χ2v) is 6.99. The summed E-state index contributed by atoms with van der Waals surface area (Å²) < 4.78 is 5.83. The van der Waals surface area contributed by atoms with E-state index in [-0.39, 0.29) is 18.4 Å². The molecule has 0 radical (unpaired) electrons. The van der Waals surface area contributed by atoms with Crippen molar-refractivity contribution < 1.29 is 14.6 Å². The highest BCUT2D eigenvalue weighted by molar-refractivity contribution is 6.30. The van der Waals surface area contributed by atoms with Crippen LogP contribution in [-0.2, 0) is 9.53 Å². The van der Waals surface area contributed by atoms with Crippen LogP contribution in [0.1, 0.15) is 44.8 Å². The molecule has 1 aliphatic heterocycles. The van der Waals surface area contributed by atoms with Gasteiger partial charge in [-0.3, -0.25) is 4.79 Å². The summed E-state index contributed by atoms with van der Waals surface area (Å²) in [7, 11) is 0. The van der Waals surface area contributed by atoms with Gasteiger partial charge < -0.3 is 15.2 Å². The zero-order chi connectivity index (χ0) is 16.8. The topological polar surface area (TPSA) is 58.6 Å². The number of hydrogen-bond donors (Lipinski definition) is 2. The number of halogens is 1. The standard InChI is InChI=1S/C18H26ClNO3/c1-12(2)18-14(4-3-9-23-18)11-20-17(22)10-16(21)13-5-7-15(19)8-6-13/h5-8,12,14,16,18,21H,3-4,9-11H2,1-2H3,(H,20,22). The molecule has 4 nitrogen and oxygen atoms in total. The number of benzene rings is 1. The largest absolute Gasteiger partial charge is 0.388 e. The number of carbonyl (C=O) groups excluding carboxylic acids is 1. The maximum atomic E-state index is 12.1. The Hall–Kier alpha value is -1.10. The van der Waals surface area contributed by atoms with Crippen molar-refractivity contribution in [2.24, 2.45) is 11.8 Å². The molecule has 0 saturated carbocycles. The second-order valence-electron chi connectivity index (χ2n) is 6.56. The quantitative estimate of drug-likeness (QED) is 0.835. The maximum absolute atomic E-state index is 12.1. The van der Waals surface area contributed by atoms with Crippen molar-refractivity contribution in [2.75, 3.05) is 13.2 Å². The summed E-state index contributed by atoms with van der Waals surface area (Å²) in [5, 5.41) is 13.7. The van der Waals surface area contributed by atoms with Crippen LogP contribution in [0.25, 0.3) is 0 Å². The molecule has 2 N–H and O–H groups in total. The Morgan fingerprint density at radius 2 is 2.09 bits per heavy atom. The number of hydrogen-bond acceptors (Lipinski definition) is 3. The predicted octanol–water partition coefficient (Wildman–Crippen LogP) is 3.33. The molecule has 1 aromatic carbocycles. The van der Waals surface area contributed by atoms with Gasteiger partial charge in [0.05, 0.1) is 18.6 Å². The van der Waals surface area contributed by atoms with Crippen molar-refractivity contribution >= 4 is 17.5 Å². The highest BCUT2D eigenvalue weighted by Gasteiger charge is 2.28. The smallest absolute Gasteiger partial charge is 0.222 e. The van der Waals surface area contributed by atoms with Crippen LogP contribution in [-0.4, -0.2) is 30.3 Å². The number of carbonyl (C=O) groups is 1. The summed E-state index contributed by atoms with van der Waals surface area (Å²) in [4.78, 5) is 12.1. The Kier molecular flexibility index (Phi) is 6.88. The lowest BCUT2D eigenvalue weighted by atomic mass is 9.87. The van der Waals surface area contributed by atoms with Crippen LogP contribution < -0.4 is 5.32 Å². The first kappa shape index (κ1) is 18.2. The van der Waals surface area contributed by atoms with Crippen LogP contribution in [0.2, 0.25) is 5.02 Å². The van der Waals surface area contributed by atoms with Gasteiger partial charge in [-0.1, -0.05) is 37.6 Å².